The minimum absolute atomic E-state index is 1.02. The van der Waals surface area contributed by atoms with Crippen LogP contribution in [-0.4, -0.2) is 11.2 Å². The van der Waals surface area contributed by atoms with E-state index in [4.69, 9.17) is 0 Å². The largest absolute Gasteiger partial charge is 0.360 e. The first-order chi connectivity index (χ1) is 7.27. The molecular formula is C13H14N2. The van der Waals surface area contributed by atoms with Gasteiger partial charge in [-0.15, -0.1) is 0 Å². The Bertz CT molecular complexity index is 467. The van der Waals surface area contributed by atoms with Gasteiger partial charge in [-0.2, -0.15) is 0 Å². The molecule has 0 fully saturated rings. The molecule has 2 aromatic rings. The van der Waals surface area contributed by atoms with Crippen LogP contribution in [0.3, 0.4) is 0 Å². The van der Waals surface area contributed by atoms with Gasteiger partial charge in [0.1, 0.15) is 0 Å². The monoisotopic (exact) mass is 198 g/mol. The molecule has 1 aromatic heterocycles. The van der Waals surface area contributed by atoms with E-state index in [0.29, 0.717) is 0 Å². The van der Waals surface area contributed by atoms with Gasteiger partial charge in [0.15, 0.2) is 0 Å². The van der Waals surface area contributed by atoms with Gasteiger partial charge in [0.05, 0.1) is 17.6 Å². The lowest BCUT2D eigenvalue weighted by Crippen LogP contribution is -1.83. The number of aliphatic imine (C=N–C) groups is 1. The van der Waals surface area contributed by atoms with E-state index >= 15 is 0 Å². The first kappa shape index (κ1) is 9.71. The molecule has 1 heterocycles. The third-order valence-corrected chi connectivity index (χ3v) is 2.54. The molecule has 15 heavy (non-hydrogen) atoms. The maximum atomic E-state index is 4.45. The molecule has 0 saturated carbocycles. The van der Waals surface area contributed by atoms with Gasteiger partial charge in [-0.3, -0.25) is 4.99 Å². The summed E-state index contributed by atoms with van der Waals surface area (Å²) in [5.74, 6) is 0. The second-order valence-corrected chi connectivity index (χ2v) is 3.60. The van der Waals surface area contributed by atoms with Crippen LogP contribution >= 0.6 is 0 Å². The third-order valence-electron chi connectivity index (χ3n) is 2.54. The van der Waals surface area contributed by atoms with E-state index in [1.165, 1.54) is 11.1 Å². The van der Waals surface area contributed by atoms with Crippen molar-refractivity contribution in [1.29, 1.82) is 0 Å². The van der Waals surface area contributed by atoms with Gasteiger partial charge in [-0.25, -0.2) is 0 Å². The average molecular weight is 198 g/mol. The summed E-state index contributed by atoms with van der Waals surface area (Å²) in [5.41, 5.74) is 4.57. The SMILES string of the molecule is Cc1cccc(N=Cc2ccc[nH]2)c1C. The molecule has 0 aliphatic carbocycles. The lowest BCUT2D eigenvalue weighted by atomic mass is 10.1. The summed E-state index contributed by atoms with van der Waals surface area (Å²) in [4.78, 5) is 7.54. The Labute approximate surface area is 89.7 Å². The van der Waals surface area contributed by atoms with Gasteiger partial charge in [0.25, 0.3) is 0 Å². The predicted octanol–water partition coefficient (Wildman–Crippen LogP) is 3.38. The molecule has 0 saturated heterocycles. The van der Waals surface area contributed by atoms with Crippen LogP contribution < -0.4 is 0 Å². The number of rotatable bonds is 2. The summed E-state index contributed by atoms with van der Waals surface area (Å²) in [6.45, 7) is 4.19. The fourth-order valence-electron chi connectivity index (χ4n) is 1.44. The van der Waals surface area contributed by atoms with Crippen molar-refractivity contribution in [3.05, 3.63) is 53.3 Å². The molecule has 1 N–H and O–H groups in total. The van der Waals surface area contributed by atoms with Crippen molar-refractivity contribution >= 4 is 11.9 Å². The minimum atomic E-state index is 1.02. The lowest BCUT2D eigenvalue weighted by molar-refractivity contribution is 1.31. The van der Waals surface area contributed by atoms with Gasteiger partial charge in [-0.1, -0.05) is 12.1 Å². The quantitative estimate of drug-likeness (QED) is 0.716. The Morgan fingerprint density at radius 2 is 2.00 bits per heavy atom. The normalized spacial score (nSPS) is 11.1. The van der Waals surface area contributed by atoms with Crippen LogP contribution in [0.1, 0.15) is 16.8 Å². The van der Waals surface area contributed by atoms with E-state index in [-0.39, 0.29) is 0 Å². The van der Waals surface area contributed by atoms with Gasteiger partial charge in [-0.05, 0) is 43.2 Å². The number of hydrogen-bond donors (Lipinski definition) is 1. The summed E-state index contributed by atoms with van der Waals surface area (Å²) < 4.78 is 0. The van der Waals surface area contributed by atoms with Gasteiger partial charge < -0.3 is 4.98 Å². The molecular weight excluding hydrogens is 184 g/mol. The fourth-order valence-corrected chi connectivity index (χ4v) is 1.44. The summed E-state index contributed by atoms with van der Waals surface area (Å²) in [6, 6.07) is 10.1. The summed E-state index contributed by atoms with van der Waals surface area (Å²) in [7, 11) is 0. The number of H-pyrrole nitrogens is 1. The number of hydrogen-bond acceptors (Lipinski definition) is 1. The van der Waals surface area contributed by atoms with Crippen LogP contribution in [0.4, 0.5) is 5.69 Å². The Balaban J connectivity index is 2.28. The molecule has 0 unspecified atom stereocenters. The van der Waals surface area contributed by atoms with Crippen LogP contribution in [0.25, 0.3) is 0 Å². The average Bonchev–Trinajstić information content (AvgIpc) is 2.73. The molecule has 0 amide bonds. The molecule has 2 heteroatoms. The number of nitrogens with zero attached hydrogens (tertiary/aromatic N) is 1. The first-order valence-electron chi connectivity index (χ1n) is 5.01. The number of aromatic amines is 1. The van der Waals surface area contributed by atoms with Crippen LogP contribution in [0.15, 0.2) is 41.5 Å². The molecule has 2 nitrogen and oxygen atoms in total. The number of aryl methyl sites for hydroxylation is 1. The van der Waals surface area contributed by atoms with Crippen molar-refractivity contribution in [2.75, 3.05) is 0 Å². The van der Waals surface area contributed by atoms with Gasteiger partial charge >= 0.3 is 0 Å². The van der Waals surface area contributed by atoms with E-state index in [1.807, 2.05) is 36.7 Å². The van der Waals surface area contributed by atoms with Crippen LogP contribution in [0.5, 0.6) is 0 Å². The zero-order chi connectivity index (χ0) is 10.7. The molecule has 0 spiro atoms. The summed E-state index contributed by atoms with van der Waals surface area (Å²) >= 11 is 0. The molecule has 2 rings (SSSR count). The van der Waals surface area contributed by atoms with Gasteiger partial charge in [0.2, 0.25) is 0 Å². The highest BCUT2D eigenvalue weighted by molar-refractivity contribution is 5.80. The summed E-state index contributed by atoms with van der Waals surface area (Å²) in [6.07, 6.45) is 3.74. The second kappa shape index (κ2) is 4.13. The highest BCUT2D eigenvalue weighted by Gasteiger charge is 1.97. The van der Waals surface area contributed by atoms with Crippen molar-refractivity contribution in [2.45, 2.75) is 13.8 Å². The Kier molecular flexibility index (Phi) is 2.68. The minimum Gasteiger partial charge on any atom is -0.360 e. The van der Waals surface area contributed by atoms with Crippen molar-refractivity contribution in [1.82, 2.24) is 4.98 Å². The first-order valence-corrected chi connectivity index (χ1v) is 5.01. The number of aromatic nitrogens is 1. The van der Waals surface area contributed by atoms with Crippen molar-refractivity contribution < 1.29 is 0 Å². The molecule has 0 aliphatic rings. The third kappa shape index (κ3) is 2.15. The Morgan fingerprint density at radius 3 is 2.73 bits per heavy atom. The summed E-state index contributed by atoms with van der Waals surface area (Å²) in [5, 5.41) is 0. The lowest BCUT2D eigenvalue weighted by Gasteiger charge is -2.02. The number of benzene rings is 1. The maximum absolute atomic E-state index is 4.45. The van der Waals surface area contributed by atoms with Crippen molar-refractivity contribution in [3.8, 4) is 0 Å². The zero-order valence-corrected chi connectivity index (χ0v) is 8.99. The maximum Gasteiger partial charge on any atom is 0.0662 e. The van der Waals surface area contributed by atoms with Gasteiger partial charge in [0, 0.05) is 6.20 Å². The smallest absolute Gasteiger partial charge is 0.0662 e. The molecule has 76 valence electrons. The molecule has 0 atom stereocenters. The van der Waals surface area contributed by atoms with Crippen LogP contribution in [-0.2, 0) is 0 Å². The topological polar surface area (TPSA) is 28.1 Å². The predicted molar refractivity (Wildman–Crippen MR) is 64.0 cm³/mol. The second-order valence-electron chi connectivity index (χ2n) is 3.60. The van der Waals surface area contributed by atoms with E-state index in [9.17, 15) is 0 Å². The van der Waals surface area contributed by atoms with E-state index in [1.54, 1.807) is 0 Å². The standard InChI is InChI=1S/C13H14N2/c1-10-5-3-7-13(11(10)2)15-9-12-6-4-8-14-12/h3-9,14H,1-2H3. The highest BCUT2D eigenvalue weighted by Crippen LogP contribution is 2.20. The Morgan fingerprint density at radius 1 is 1.13 bits per heavy atom. The van der Waals surface area contributed by atoms with Crippen molar-refractivity contribution in [2.24, 2.45) is 4.99 Å². The molecule has 0 aliphatic heterocycles. The molecule has 0 radical (unpaired) electrons. The number of nitrogens with one attached hydrogen (secondary N) is 1. The van der Waals surface area contributed by atoms with E-state index < -0.39 is 0 Å². The van der Waals surface area contributed by atoms with E-state index in [0.717, 1.165) is 11.4 Å². The van der Waals surface area contributed by atoms with Crippen molar-refractivity contribution in [3.63, 3.8) is 0 Å². The fraction of sp³-hybridized carbons (Fsp3) is 0.154. The molecule has 0 bridgehead atoms. The van der Waals surface area contributed by atoms with Crippen LogP contribution in [0, 0.1) is 13.8 Å². The Hall–Kier alpha value is -1.83. The van der Waals surface area contributed by atoms with E-state index in [2.05, 4.69) is 29.9 Å². The van der Waals surface area contributed by atoms with Crippen LogP contribution in [0.2, 0.25) is 0 Å². The highest BCUT2D eigenvalue weighted by atomic mass is 14.8. The zero-order valence-electron chi connectivity index (χ0n) is 8.99. The molecule has 1 aromatic carbocycles.